The highest BCUT2D eigenvalue weighted by atomic mass is 35.5. The van der Waals surface area contributed by atoms with Crippen molar-refractivity contribution >= 4 is 34.8 Å². The summed E-state index contributed by atoms with van der Waals surface area (Å²) < 4.78 is 0. The average molecular weight is 445 g/mol. The van der Waals surface area contributed by atoms with Crippen molar-refractivity contribution in [1.29, 1.82) is 0 Å². The third-order valence-electron chi connectivity index (χ3n) is 5.31. The molecule has 1 fully saturated rings. The molecule has 0 saturated carbocycles. The van der Waals surface area contributed by atoms with E-state index in [1.54, 1.807) is 4.90 Å². The average Bonchev–Trinajstić information content (AvgIpc) is 3.45. The van der Waals surface area contributed by atoms with Crippen LogP contribution < -0.4 is 5.32 Å². The molecule has 4 rings (SSSR count). The van der Waals surface area contributed by atoms with Crippen LogP contribution >= 0.6 is 22.9 Å². The van der Waals surface area contributed by atoms with Crippen LogP contribution in [0.4, 0.5) is 0 Å². The summed E-state index contributed by atoms with van der Waals surface area (Å²) in [6.45, 7) is 2.86. The number of amides is 2. The zero-order valence-corrected chi connectivity index (χ0v) is 17.9. The van der Waals surface area contributed by atoms with Gasteiger partial charge in [-0.05, 0) is 31.9 Å². The third-order valence-corrected chi connectivity index (χ3v) is 6.41. The number of halogens is 1. The van der Waals surface area contributed by atoms with Crippen LogP contribution in [0.3, 0.4) is 0 Å². The van der Waals surface area contributed by atoms with Crippen molar-refractivity contribution in [3.8, 4) is 11.3 Å². The van der Waals surface area contributed by atoms with Crippen LogP contribution in [0.2, 0.25) is 5.02 Å². The van der Waals surface area contributed by atoms with Crippen LogP contribution in [0, 0.1) is 5.92 Å². The van der Waals surface area contributed by atoms with Gasteiger partial charge >= 0.3 is 0 Å². The first-order chi connectivity index (χ1) is 14.5. The summed E-state index contributed by atoms with van der Waals surface area (Å²) in [6, 6.07) is 7.27. The lowest BCUT2D eigenvalue weighted by molar-refractivity contribution is -0.128. The standard InChI is InChI=1S/C20H21ClN6O2S/c1-12-15(3-2-8-27(12)20(29)18-23-11-24-26-18)19(28)22-9-17-25-16(10-30-17)13-4-6-14(21)7-5-13/h4-7,10-12,15H,2-3,8-9H2,1H3,(H,22,28)(H,23,24,26). The summed E-state index contributed by atoms with van der Waals surface area (Å²) in [5, 5.41) is 12.8. The van der Waals surface area contributed by atoms with Gasteiger partial charge in [0.05, 0.1) is 18.2 Å². The van der Waals surface area contributed by atoms with Gasteiger partial charge in [-0.3, -0.25) is 14.7 Å². The highest BCUT2D eigenvalue weighted by Crippen LogP contribution is 2.26. The number of H-pyrrole nitrogens is 1. The molecule has 2 N–H and O–H groups in total. The number of likely N-dealkylation sites (tertiary alicyclic amines) is 1. The molecule has 2 unspecified atom stereocenters. The number of rotatable bonds is 5. The van der Waals surface area contributed by atoms with Crippen molar-refractivity contribution in [2.75, 3.05) is 6.54 Å². The molecular formula is C20H21ClN6O2S. The van der Waals surface area contributed by atoms with Gasteiger partial charge < -0.3 is 10.2 Å². The Morgan fingerprint density at radius 3 is 2.87 bits per heavy atom. The molecule has 10 heteroatoms. The van der Waals surface area contributed by atoms with Crippen LogP contribution in [0.15, 0.2) is 36.0 Å². The first kappa shape index (κ1) is 20.5. The first-order valence-corrected chi connectivity index (χ1v) is 10.9. The number of carbonyl (C=O) groups excluding carboxylic acids is 2. The predicted molar refractivity (Wildman–Crippen MR) is 114 cm³/mol. The van der Waals surface area contributed by atoms with Gasteiger partial charge in [0.25, 0.3) is 5.91 Å². The van der Waals surface area contributed by atoms with Gasteiger partial charge in [0.1, 0.15) is 11.3 Å². The molecule has 3 aromatic rings. The Morgan fingerprint density at radius 1 is 1.33 bits per heavy atom. The molecule has 1 saturated heterocycles. The Balaban J connectivity index is 1.37. The smallest absolute Gasteiger partial charge is 0.291 e. The zero-order chi connectivity index (χ0) is 21.1. The van der Waals surface area contributed by atoms with E-state index >= 15 is 0 Å². The van der Waals surface area contributed by atoms with Crippen molar-refractivity contribution < 1.29 is 9.59 Å². The fourth-order valence-corrected chi connectivity index (χ4v) is 4.53. The van der Waals surface area contributed by atoms with Gasteiger partial charge in [-0.1, -0.05) is 23.7 Å². The molecule has 1 aliphatic heterocycles. The lowest BCUT2D eigenvalue weighted by Crippen LogP contribution is -2.51. The zero-order valence-electron chi connectivity index (χ0n) is 16.3. The fourth-order valence-electron chi connectivity index (χ4n) is 3.66. The minimum atomic E-state index is -0.277. The number of hydrogen-bond acceptors (Lipinski definition) is 6. The SMILES string of the molecule is CC1C(C(=O)NCc2nc(-c3ccc(Cl)cc3)cs2)CCCN1C(=O)c1ncn[nH]1. The number of aromatic nitrogens is 4. The molecule has 0 radical (unpaired) electrons. The van der Waals surface area contributed by atoms with Gasteiger partial charge in [-0.15, -0.1) is 11.3 Å². The molecule has 0 bridgehead atoms. The Labute approximate surface area is 182 Å². The van der Waals surface area contributed by atoms with Crippen molar-refractivity contribution in [2.24, 2.45) is 5.92 Å². The molecule has 8 nitrogen and oxygen atoms in total. The minimum Gasteiger partial charge on any atom is -0.349 e. The number of thiazole rings is 1. The van der Waals surface area contributed by atoms with Crippen molar-refractivity contribution in [3.05, 3.63) is 51.8 Å². The Kier molecular flexibility index (Phi) is 6.10. The molecule has 1 aromatic carbocycles. The number of nitrogens with one attached hydrogen (secondary N) is 2. The molecule has 0 spiro atoms. The van der Waals surface area contributed by atoms with Crippen molar-refractivity contribution in [1.82, 2.24) is 30.4 Å². The van der Waals surface area contributed by atoms with E-state index in [9.17, 15) is 9.59 Å². The van der Waals surface area contributed by atoms with E-state index in [0.29, 0.717) is 18.1 Å². The molecule has 2 amide bonds. The van der Waals surface area contributed by atoms with E-state index in [2.05, 4.69) is 25.5 Å². The monoisotopic (exact) mass is 444 g/mol. The van der Waals surface area contributed by atoms with E-state index in [0.717, 1.165) is 29.1 Å². The maximum Gasteiger partial charge on any atom is 0.291 e. The van der Waals surface area contributed by atoms with E-state index in [4.69, 9.17) is 11.6 Å². The summed E-state index contributed by atoms with van der Waals surface area (Å²) in [4.78, 5) is 35.7. The maximum absolute atomic E-state index is 12.8. The number of piperidine rings is 1. The van der Waals surface area contributed by atoms with Crippen molar-refractivity contribution in [3.63, 3.8) is 0 Å². The van der Waals surface area contributed by atoms with Gasteiger partial charge in [0.15, 0.2) is 0 Å². The van der Waals surface area contributed by atoms with Gasteiger partial charge in [0, 0.05) is 28.6 Å². The summed E-state index contributed by atoms with van der Waals surface area (Å²) in [5.74, 6) is -0.382. The molecule has 2 atom stereocenters. The minimum absolute atomic E-state index is 0.0687. The highest BCUT2D eigenvalue weighted by Gasteiger charge is 2.36. The molecule has 156 valence electrons. The van der Waals surface area contributed by atoms with Gasteiger partial charge in [-0.2, -0.15) is 5.10 Å². The van der Waals surface area contributed by atoms with Crippen LogP contribution in [0.1, 0.15) is 35.4 Å². The number of hydrogen-bond donors (Lipinski definition) is 2. The van der Waals surface area contributed by atoms with Gasteiger partial charge in [-0.25, -0.2) is 9.97 Å². The number of aromatic amines is 1. The van der Waals surface area contributed by atoms with E-state index in [1.807, 2.05) is 36.6 Å². The molecule has 30 heavy (non-hydrogen) atoms. The van der Waals surface area contributed by atoms with Crippen LogP contribution in [0.25, 0.3) is 11.3 Å². The van der Waals surface area contributed by atoms with E-state index in [-0.39, 0.29) is 29.6 Å². The normalized spacial score (nSPS) is 18.9. The number of benzene rings is 1. The topological polar surface area (TPSA) is 104 Å². The summed E-state index contributed by atoms with van der Waals surface area (Å²) in [7, 11) is 0. The van der Waals surface area contributed by atoms with Crippen LogP contribution in [0.5, 0.6) is 0 Å². The maximum atomic E-state index is 12.8. The predicted octanol–water partition coefficient (Wildman–Crippen LogP) is 3.14. The second kappa shape index (κ2) is 8.93. The van der Waals surface area contributed by atoms with Crippen LogP contribution in [-0.4, -0.2) is 49.5 Å². The van der Waals surface area contributed by atoms with E-state index in [1.165, 1.54) is 17.7 Å². The van der Waals surface area contributed by atoms with E-state index < -0.39 is 0 Å². The number of nitrogens with zero attached hydrogens (tertiary/aromatic N) is 4. The third kappa shape index (κ3) is 4.36. The lowest BCUT2D eigenvalue weighted by atomic mass is 9.89. The lowest BCUT2D eigenvalue weighted by Gasteiger charge is -2.38. The number of carbonyl (C=O) groups is 2. The van der Waals surface area contributed by atoms with Crippen LogP contribution in [-0.2, 0) is 11.3 Å². The first-order valence-electron chi connectivity index (χ1n) is 9.67. The quantitative estimate of drug-likeness (QED) is 0.629. The summed E-state index contributed by atoms with van der Waals surface area (Å²) >= 11 is 7.43. The molecule has 2 aromatic heterocycles. The Morgan fingerprint density at radius 2 is 2.13 bits per heavy atom. The second-order valence-corrected chi connectivity index (χ2v) is 8.55. The molecular weight excluding hydrogens is 424 g/mol. The molecule has 3 heterocycles. The van der Waals surface area contributed by atoms with Crippen molar-refractivity contribution in [2.45, 2.75) is 32.4 Å². The Hall–Kier alpha value is -2.78. The summed E-state index contributed by atoms with van der Waals surface area (Å²) in [6.07, 6.45) is 2.81. The largest absolute Gasteiger partial charge is 0.349 e. The molecule has 1 aliphatic rings. The Bertz CT molecular complexity index is 1020. The highest BCUT2D eigenvalue weighted by molar-refractivity contribution is 7.09. The van der Waals surface area contributed by atoms with Gasteiger partial charge in [0.2, 0.25) is 11.7 Å². The fraction of sp³-hybridized carbons (Fsp3) is 0.350. The second-order valence-electron chi connectivity index (χ2n) is 7.17. The summed E-state index contributed by atoms with van der Waals surface area (Å²) in [5.41, 5.74) is 1.84. The molecule has 0 aliphatic carbocycles.